The molecule has 0 saturated heterocycles. The van der Waals surface area contributed by atoms with Gasteiger partial charge in [0.2, 0.25) is 5.91 Å². The zero-order chi connectivity index (χ0) is 20.2. The third-order valence-electron chi connectivity index (χ3n) is 6.18. The smallest absolute Gasteiger partial charge is 0.238 e. The summed E-state index contributed by atoms with van der Waals surface area (Å²) in [6.45, 7) is 2.40. The van der Waals surface area contributed by atoms with Crippen molar-refractivity contribution in [1.82, 2.24) is 14.5 Å². The highest BCUT2D eigenvalue weighted by atomic mass is 32.2. The van der Waals surface area contributed by atoms with E-state index in [4.69, 9.17) is 0 Å². The molecule has 0 bridgehead atoms. The van der Waals surface area contributed by atoms with Gasteiger partial charge in [0.25, 0.3) is 0 Å². The first-order chi connectivity index (χ1) is 14.0. The Kier molecular flexibility index (Phi) is 4.03. The zero-order valence-electron chi connectivity index (χ0n) is 16.2. The van der Waals surface area contributed by atoms with Gasteiger partial charge in [-0.05, 0) is 36.6 Å². The average Bonchev–Trinajstić information content (AvgIpc) is 3.42. The van der Waals surface area contributed by atoms with Crippen LogP contribution in [0.5, 0.6) is 0 Å². The number of sulfone groups is 1. The maximum absolute atomic E-state index is 13.2. The number of aryl methyl sites for hydroxylation is 1. The number of pyridine rings is 2. The number of carbonyl (C=O) groups excluding carboxylic acids is 1. The summed E-state index contributed by atoms with van der Waals surface area (Å²) in [5.74, 6) is 0.310. The van der Waals surface area contributed by atoms with Gasteiger partial charge in [0.15, 0.2) is 9.84 Å². The van der Waals surface area contributed by atoms with Crippen LogP contribution in [0.15, 0.2) is 43.0 Å². The number of aromatic nitrogens is 3. The Bertz CT molecular complexity index is 1230. The molecule has 7 nitrogen and oxygen atoms in total. The molecule has 0 radical (unpaired) electrons. The van der Waals surface area contributed by atoms with E-state index in [9.17, 15) is 13.2 Å². The highest BCUT2D eigenvalue weighted by Crippen LogP contribution is 2.57. The first-order valence-electron chi connectivity index (χ1n) is 9.84. The van der Waals surface area contributed by atoms with Gasteiger partial charge >= 0.3 is 0 Å². The number of rotatable bonds is 6. The molecule has 4 heterocycles. The molecular weight excluding hydrogens is 388 g/mol. The van der Waals surface area contributed by atoms with Crippen molar-refractivity contribution in [2.75, 3.05) is 16.4 Å². The summed E-state index contributed by atoms with van der Waals surface area (Å²) >= 11 is 0. The third kappa shape index (κ3) is 2.85. The fourth-order valence-electron chi connectivity index (χ4n) is 4.35. The molecule has 3 aromatic heterocycles. The number of amides is 1. The van der Waals surface area contributed by atoms with Crippen LogP contribution in [0, 0.1) is 0 Å². The normalized spacial score (nSPS) is 17.3. The van der Waals surface area contributed by atoms with Gasteiger partial charge in [-0.25, -0.2) is 8.42 Å². The summed E-state index contributed by atoms with van der Waals surface area (Å²) < 4.78 is 26.2. The number of anilines is 1. The summed E-state index contributed by atoms with van der Waals surface area (Å²) in [5, 5.41) is 0.940. The summed E-state index contributed by atoms with van der Waals surface area (Å²) in [5.41, 5.74) is 3.39. The van der Waals surface area contributed by atoms with Crippen molar-refractivity contribution in [1.29, 1.82) is 0 Å². The molecule has 1 saturated carbocycles. The fraction of sp³-hybridized carbons (Fsp3) is 0.381. The van der Waals surface area contributed by atoms with E-state index < -0.39 is 9.84 Å². The van der Waals surface area contributed by atoms with Crippen LogP contribution in [-0.2, 0) is 33.1 Å². The predicted octanol–water partition coefficient (Wildman–Crippen LogP) is 2.44. The largest absolute Gasteiger partial charge is 0.342 e. The molecule has 1 aliphatic carbocycles. The zero-order valence-corrected chi connectivity index (χ0v) is 17.0. The third-order valence-corrected chi connectivity index (χ3v) is 7.87. The molecular formula is C21H22N4O3S. The van der Waals surface area contributed by atoms with Gasteiger partial charge < -0.3 is 9.47 Å². The second kappa shape index (κ2) is 6.38. The number of hydrogen-bond acceptors (Lipinski definition) is 5. The van der Waals surface area contributed by atoms with Crippen molar-refractivity contribution in [3.63, 3.8) is 0 Å². The summed E-state index contributed by atoms with van der Waals surface area (Å²) in [7, 11) is -3.10. The highest BCUT2D eigenvalue weighted by molar-refractivity contribution is 7.91. The molecule has 0 N–H and O–H groups in total. The maximum Gasteiger partial charge on any atom is 0.238 e. The van der Waals surface area contributed by atoms with E-state index in [0.29, 0.717) is 13.1 Å². The Morgan fingerprint density at radius 2 is 1.90 bits per heavy atom. The van der Waals surface area contributed by atoms with Crippen LogP contribution in [0.1, 0.15) is 31.0 Å². The van der Waals surface area contributed by atoms with Crippen molar-refractivity contribution >= 4 is 32.3 Å². The minimum absolute atomic E-state index is 0.0681. The molecule has 3 aromatic rings. The molecule has 0 unspecified atom stereocenters. The fourth-order valence-corrected chi connectivity index (χ4v) is 5.10. The Morgan fingerprint density at radius 3 is 2.66 bits per heavy atom. The molecule has 8 heteroatoms. The molecule has 5 rings (SSSR count). The molecule has 1 fully saturated rings. The maximum atomic E-state index is 13.2. The van der Waals surface area contributed by atoms with Gasteiger partial charge in [0, 0.05) is 42.0 Å². The molecule has 150 valence electrons. The van der Waals surface area contributed by atoms with E-state index >= 15 is 0 Å². The lowest BCUT2D eigenvalue weighted by molar-refractivity contribution is -0.120. The predicted molar refractivity (Wildman–Crippen MR) is 110 cm³/mol. The highest BCUT2D eigenvalue weighted by Gasteiger charge is 2.59. The van der Waals surface area contributed by atoms with Gasteiger partial charge in [-0.15, -0.1) is 0 Å². The molecule has 1 spiro atoms. The minimum Gasteiger partial charge on any atom is -0.342 e. The lowest BCUT2D eigenvalue weighted by Gasteiger charge is -2.19. The Morgan fingerprint density at radius 1 is 1.14 bits per heavy atom. The molecule has 0 atom stereocenters. The molecule has 1 amide bonds. The van der Waals surface area contributed by atoms with Gasteiger partial charge in [-0.1, -0.05) is 6.92 Å². The molecule has 0 aromatic carbocycles. The molecule has 2 aliphatic rings. The van der Waals surface area contributed by atoms with Crippen LogP contribution < -0.4 is 4.90 Å². The van der Waals surface area contributed by atoms with Crippen LogP contribution in [-0.4, -0.2) is 40.4 Å². The minimum atomic E-state index is -3.10. The van der Waals surface area contributed by atoms with Crippen LogP contribution in [0.4, 0.5) is 5.69 Å². The Labute approximate surface area is 169 Å². The number of carbonyl (C=O) groups is 1. The van der Waals surface area contributed by atoms with Crippen molar-refractivity contribution in [2.24, 2.45) is 0 Å². The van der Waals surface area contributed by atoms with Crippen LogP contribution in [0.25, 0.3) is 10.9 Å². The van der Waals surface area contributed by atoms with Crippen molar-refractivity contribution in [3.05, 3.63) is 54.2 Å². The molecule has 29 heavy (non-hydrogen) atoms. The monoisotopic (exact) mass is 410 g/mol. The second-order valence-corrected chi connectivity index (χ2v) is 10.3. The standard InChI is InChI=1S/C21H22N4O3S/c1-2-29(27,28)10-9-24-16(11-15-12-22-8-4-18(15)24)14-25-19-13-23-7-3-17(19)21(5-6-21)20(25)26/h3-4,7-8,11-13H,2,5-6,9-10,14H2,1H3. The van der Waals surface area contributed by atoms with Crippen LogP contribution in [0.3, 0.4) is 0 Å². The van der Waals surface area contributed by atoms with Gasteiger partial charge in [-0.3, -0.25) is 14.8 Å². The average molecular weight is 410 g/mol. The topological polar surface area (TPSA) is 85.2 Å². The Hall–Kier alpha value is -2.74. The van der Waals surface area contributed by atoms with Gasteiger partial charge in [0.05, 0.1) is 35.1 Å². The van der Waals surface area contributed by atoms with Crippen LogP contribution >= 0.6 is 0 Å². The number of nitrogens with zero attached hydrogens (tertiary/aromatic N) is 4. The summed E-state index contributed by atoms with van der Waals surface area (Å²) in [6.07, 6.45) is 8.73. The van der Waals surface area contributed by atoms with Crippen molar-refractivity contribution in [2.45, 2.75) is 38.3 Å². The Balaban J connectivity index is 1.54. The van der Waals surface area contributed by atoms with Gasteiger partial charge in [-0.2, -0.15) is 0 Å². The van der Waals surface area contributed by atoms with E-state index in [1.54, 1.807) is 31.7 Å². The van der Waals surface area contributed by atoms with Crippen molar-refractivity contribution < 1.29 is 13.2 Å². The van der Waals surface area contributed by atoms with E-state index in [-0.39, 0.29) is 22.8 Å². The first-order valence-corrected chi connectivity index (χ1v) is 11.7. The number of fused-ring (bicyclic) bond motifs is 3. The second-order valence-electron chi connectivity index (χ2n) is 7.82. The van der Waals surface area contributed by atoms with E-state index in [1.807, 2.05) is 27.7 Å². The first kappa shape index (κ1) is 18.3. The quantitative estimate of drug-likeness (QED) is 0.623. The summed E-state index contributed by atoms with van der Waals surface area (Å²) in [6, 6.07) is 5.84. The molecule has 1 aliphatic heterocycles. The lowest BCUT2D eigenvalue weighted by Crippen LogP contribution is -2.32. The SMILES string of the molecule is CCS(=O)(=O)CCn1c(CN2C(=O)C3(CC3)c3ccncc32)cc2cnccc21. The van der Waals surface area contributed by atoms with Crippen LogP contribution in [0.2, 0.25) is 0 Å². The number of hydrogen-bond donors (Lipinski definition) is 0. The van der Waals surface area contributed by atoms with E-state index in [1.165, 1.54) is 0 Å². The van der Waals surface area contributed by atoms with E-state index in [0.717, 1.165) is 40.7 Å². The van der Waals surface area contributed by atoms with E-state index in [2.05, 4.69) is 9.97 Å². The van der Waals surface area contributed by atoms with Gasteiger partial charge in [0.1, 0.15) is 0 Å². The van der Waals surface area contributed by atoms with Crippen molar-refractivity contribution in [3.8, 4) is 0 Å². The lowest BCUT2D eigenvalue weighted by atomic mass is 9.99. The summed E-state index contributed by atoms with van der Waals surface area (Å²) in [4.78, 5) is 23.4.